The van der Waals surface area contributed by atoms with E-state index in [4.69, 9.17) is 14.9 Å². The Morgan fingerprint density at radius 2 is 2.13 bits per heavy atom. The van der Waals surface area contributed by atoms with Crippen LogP contribution in [0.1, 0.15) is 5.89 Å². The Balaban J connectivity index is 2.45. The van der Waals surface area contributed by atoms with Crippen molar-refractivity contribution in [2.45, 2.75) is 6.92 Å². The molecule has 1 heterocycles. The highest BCUT2D eigenvalue weighted by atomic mass is 16.5. The van der Waals surface area contributed by atoms with Gasteiger partial charge in [0.2, 0.25) is 11.8 Å². The van der Waals surface area contributed by atoms with Crippen molar-refractivity contribution in [3.05, 3.63) is 24.1 Å². The van der Waals surface area contributed by atoms with Gasteiger partial charge in [-0.25, -0.2) is 0 Å². The molecular formula is C10H11N3O2. The van der Waals surface area contributed by atoms with Gasteiger partial charge in [-0.05, 0) is 12.1 Å². The number of aromatic nitrogens is 2. The van der Waals surface area contributed by atoms with Gasteiger partial charge >= 0.3 is 0 Å². The highest BCUT2D eigenvalue weighted by Gasteiger charge is 2.09. The van der Waals surface area contributed by atoms with Crippen LogP contribution in [-0.4, -0.2) is 17.3 Å². The first-order chi connectivity index (χ1) is 7.20. The third-order valence-electron chi connectivity index (χ3n) is 2.02. The number of hydrogen-bond acceptors (Lipinski definition) is 5. The molecule has 0 aliphatic rings. The van der Waals surface area contributed by atoms with E-state index in [-0.39, 0.29) is 0 Å². The number of anilines is 1. The van der Waals surface area contributed by atoms with E-state index in [2.05, 4.69) is 10.2 Å². The SMILES string of the molecule is COc1ccc(-c2nnc(C)o2)c(N)c1. The molecule has 78 valence electrons. The molecule has 0 amide bonds. The van der Waals surface area contributed by atoms with E-state index in [1.807, 2.05) is 0 Å². The maximum atomic E-state index is 5.83. The average molecular weight is 205 g/mol. The third-order valence-corrected chi connectivity index (χ3v) is 2.02. The summed E-state index contributed by atoms with van der Waals surface area (Å²) in [6.45, 7) is 1.73. The largest absolute Gasteiger partial charge is 0.497 e. The molecule has 0 saturated carbocycles. The van der Waals surface area contributed by atoms with Gasteiger partial charge in [0.1, 0.15) is 5.75 Å². The molecule has 0 aliphatic heterocycles. The summed E-state index contributed by atoms with van der Waals surface area (Å²) in [5.41, 5.74) is 7.10. The molecule has 0 aliphatic carbocycles. The molecule has 15 heavy (non-hydrogen) atoms. The lowest BCUT2D eigenvalue weighted by Gasteiger charge is -2.03. The van der Waals surface area contributed by atoms with E-state index in [1.54, 1.807) is 32.2 Å². The topological polar surface area (TPSA) is 74.2 Å². The first kappa shape index (κ1) is 9.51. The molecule has 0 saturated heterocycles. The van der Waals surface area contributed by atoms with Crippen LogP contribution in [-0.2, 0) is 0 Å². The van der Waals surface area contributed by atoms with Gasteiger partial charge in [-0.3, -0.25) is 0 Å². The minimum Gasteiger partial charge on any atom is -0.497 e. The fraction of sp³-hybridized carbons (Fsp3) is 0.200. The number of methoxy groups -OCH3 is 1. The van der Waals surface area contributed by atoms with Crippen molar-refractivity contribution in [3.63, 3.8) is 0 Å². The number of nitrogen functional groups attached to an aromatic ring is 1. The Bertz CT molecular complexity index is 479. The van der Waals surface area contributed by atoms with Crippen molar-refractivity contribution in [3.8, 4) is 17.2 Å². The first-order valence-corrected chi connectivity index (χ1v) is 4.44. The molecule has 0 bridgehead atoms. The molecule has 5 heteroatoms. The van der Waals surface area contributed by atoms with E-state index in [9.17, 15) is 0 Å². The molecular weight excluding hydrogens is 194 g/mol. The Morgan fingerprint density at radius 1 is 1.33 bits per heavy atom. The first-order valence-electron chi connectivity index (χ1n) is 4.44. The molecule has 1 aromatic carbocycles. The smallest absolute Gasteiger partial charge is 0.249 e. The lowest BCUT2D eigenvalue weighted by molar-refractivity contribution is 0.415. The van der Waals surface area contributed by atoms with Crippen molar-refractivity contribution in [1.29, 1.82) is 0 Å². The maximum Gasteiger partial charge on any atom is 0.249 e. The lowest BCUT2D eigenvalue weighted by atomic mass is 10.2. The number of nitrogens with two attached hydrogens (primary N) is 1. The van der Waals surface area contributed by atoms with E-state index < -0.39 is 0 Å². The van der Waals surface area contributed by atoms with Crippen LogP contribution in [0.4, 0.5) is 5.69 Å². The van der Waals surface area contributed by atoms with E-state index in [0.29, 0.717) is 23.2 Å². The van der Waals surface area contributed by atoms with Crippen molar-refractivity contribution < 1.29 is 9.15 Å². The van der Waals surface area contributed by atoms with Crippen molar-refractivity contribution >= 4 is 5.69 Å². The number of nitrogens with zero attached hydrogens (tertiary/aromatic N) is 2. The van der Waals surface area contributed by atoms with Crippen LogP contribution in [0.15, 0.2) is 22.6 Å². The monoisotopic (exact) mass is 205 g/mol. The number of rotatable bonds is 2. The molecule has 2 aromatic rings. The zero-order valence-electron chi connectivity index (χ0n) is 8.52. The zero-order valence-corrected chi connectivity index (χ0v) is 8.52. The van der Waals surface area contributed by atoms with Crippen LogP contribution in [0, 0.1) is 6.92 Å². The van der Waals surface area contributed by atoms with Crippen LogP contribution < -0.4 is 10.5 Å². The summed E-state index contributed by atoms with van der Waals surface area (Å²) in [5, 5.41) is 7.64. The van der Waals surface area contributed by atoms with Gasteiger partial charge in [-0.1, -0.05) is 0 Å². The number of ether oxygens (including phenoxy) is 1. The summed E-state index contributed by atoms with van der Waals surface area (Å²) in [6.07, 6.45) is 0. The van der Waals surface area contributed by atoms with Crippen LogP contribution in [0.3, 0.4) is 0 Å². The van der Waals surface area contributed by atoms with Crippen LogP contribution in [0.2, 0.25) is 0 Å². The Labute approximate surface area is 86.9 Å². The van der Waals surface area contributed by atoms with E-state index in [1.165, 1.54) is 0 Å². The summed E-state index contributed by atoms with van der Waals surface area (Å²) in [6, 6.07) is 5.31. The molecule has 0 atom stereocenters. The highest BCUT2D eigenvalue weighted by Crippen LogP contribution is 2.28. The second kappa shape index (κ2) is 3.61. The van der Waals surface area contributed by atoms with Gasteiger partial charge < -0.3 is 14.9 Å². The fourth-order valence-electron chi connectivity index (χ4n) is 1.27. The highest BCUT2D eigenvalue weighted by molar-refractivity contribution is 5.71. The number of hydrogen-bond donors (Lipinski definition) is 1. The molecule has 0 fully saturated rings. The Hall–Kier alpha value is -2.04. The summed E-state index contributed by atoms with van der Waals surface area (Å²) in [7, 11) is 1.59. The van der Waals surface area contributed by atoms with Gasteiger partial charge in [0.15, 0.2) is 0 Å². The molecule has 2 N–H and O–H groups in total. The van der Waals surface area contributed by atoms with Crippen LogP contribution >= 0.6 is 0 Å². The van der Waals surface area contributed by atoms with Gasteiger partial charge in [0.05, 0.1) is 12.7 Å². The quantitative estimate of drug-likeness (QED) is 0.754. The fourth-order valence-corrected chi connectivity index (χ4v) is 1.27. The zero-order chi connectivity index (χ0) is 10.8. The second-order valence-corrected chi connectivity index (χ2v) is 3.08. The van der Waals surface area contributed by atoms with Crippen molar-refractivity contribution in [2.24, 2.45) is 0 Å². The Kier molecular flexibility index (Phi) is 2.29. The molecule has 0 unspecified atom stereocenters. The van der Waals surface area contributed by atoms with Crippen LogP contribution in [0.5, 0.6) is 5.75 Å². The number of benzene rings is 1. The van der Waals surface area contributed by atoms with E-state index >= 15 is 0 Å². The van der Waals surface area contributed by atoms with Crippen LogP contribution in [0.25, 0.3) is 11.5 Å². The van der Waals surface area contributed by atoms with Gasteiger partial charge in [-0.15, -0.1) is 10.2 Å². The standard InChI is InChI=1S/C10H11N3O2/c1-6-12-13-10(15-6)8-4-3-7(14-2)5-9(8)11/h3-5H,11H2,1-2H3. The molecule has 0 radical (unpaired) electrons. The molecule has 1 aromatic heterocycles. The normalized spacial score (nSPS) is 10.3. The van der Waals surface area contributed by atoms with E-state index in [0.717, 1.165) is 5.56 Å². The van der Waals surface area contributed by atoms with Crippen molar-refractivity contribution in [2.75, 3.05) is 12.8 Å². The predicted octanol–water partition coefficient (Wildman–Crippen LogP) is 1.64. The minimum atomic E-state index is 0.424. The predicted molar refractivity (Wildman–Crippen MR) is 55.4 cm³/mol. The summed E-state index contributed by atoms with van der Waals surface area (Å²) in [4.78, 5) is 0. The second-order valence-electron chi connectivity index (χ2n) is 3.08. The summed E-state index contributed by atoms with van der Waals surface area (Å²) in [5.74, 6) is 1.64. The third kappa shape index (κ3) is 1.76. The van der Waals surface area contributed by atoms with Gasteiger partial charge in [0.25, 0.3) is 0 Å². The molecule has 2 rings (SSSR count). The van der Waals surface area contributed by atoms with Gasteiger partial charge in [0, 0.05) is 18.7 Å². The Morgan fingerprint density at radius 3 is 2.67 bits per heavy atom. The van der Waals surface area contributed by atoms with Crippen molar-refractivity contribution in [1.82, 2.24) is 10.2 Å². The lowest BCUT2D eigenvalue weighted by Crippen LogP contribution is -1.92. The molecule has 5 nitrogen and oxygen atoms in total. The van der Waals surface area contributed by atoms with Gasteiger partial charge in [-0.2, -0.15) is 0 Å². The minimum absolute atomic E-state index is 0.424. The number of aryl methyl sites for hydroxylation is 1. The maximum absolute atomic E-state index is 5.83. The summed E-state index contributed by atoms with van der Waals surface area (Å²) < 4.78 is 10.3. The summed E-state index contributed by atoms with van der Waals surface area (Å²) >= 11 is 0. The molecule has 0 spiro atoms. The average Bonchev–Trinajstić information content (AvgIpc) is 2.64.